The highest BCUT2D eigenvalue weighted by Crippen LogP contribution is 2.21. The number of anilines is 2. The summed E-state index contributed by atoms with van der Waals surface area (Å²) < 4.78 is 4.91. The maximum absolute atomic E-state index is 12.0. The highest BCUT2D eigenvalue weighted by molar-refractivity contribution is 5.93. The Morgan fingerprint density at radius 1 is 1.27 bits per heavy atom. The molecule has 0 aliphatic carbocycles. The molecule has 5 nitrogen and oxygen atoms in total. The number of benzene rings is 1. The van der Waals surface area contributed by atoms with Gasteiger partial charge in [-0.2, -0.15) is 0 Å². The summed E-state index contributed by atoms with van der Waals surface area (Å²) in [4.78, 5) is 16.1. The first-order valence-electron chi connectivity index (χ1n) is 7.32. The van der Waals surface area contributed by atoms with Gasteiger partial charge in [0.25, 0.3) is 5.91 Å². The maximum Gasteiger partial charge on any atom is 0.270 e. The van der Waals surface area contributed by atoms with Crippen molar-refractivity contribution in [2.75, 3.05) is 25.6 Å². The Balaban J connectivity index is 2.09. The van der Waals surface area contributed by atoms with Crippen LogP contribution in [-0.4, -0.2) is 31.2 Å². The fourth-order valence-electron chi connectivity index (χ4n) is 2.10. The average Bonchev–Trinajstić information content (AvgIpc) is 2.56. The molecule has 0 radical (unpaired) electrons. The third-order valence-electron chi connectivity index (χ3n) is 3.26. The van der Waals surface area contributed by atoms with Crippen molar-refractivity contribution < 1.29 is 9.53 Å². The lowest BCUT2D eigenvalue weighted by atomic mass is 10.1. The Bertz CT molecular complexity index is 629. The van der Waals surface area contributed by atoms with Gasteiger partial charge in [-0.3, -0.25) is 9.78 Å². The largest absolute Gasteiger partial charge is 0.383 e. The van der Waals surface area contributed by atoms with Crippen molar-refractivity contribution in [3.63, 3.8) is 0 Å². The van der Waals surface area contributed by atoms with Gasteiger partial charge in [-0.1, -0.05) is 25.1 Å². The van der Waals surface area contributed by atoms with Crippen molar-refractivity contribution in [2.45, 2.75) is 13.3 Å². The Kier molecular flexibility index (Phi) is 5.91. The Morgan fingerprint density at radius 3 is 2.86 bits per heavy atom. The van der Waals surface area contributed by atoms with Crippen LogP contribution in [0, 0.1) is 0 Å². The van der Waals surface area contributed by atoms with Gasteiger partial charge in [0.05, 0.1) is 6.61 Å². The molecule has 116 valence electrons. The third kappa shape index (κ3) is 4.30. The average molecular weight is 299 g/mol. The lowest BCUT2D eigenvalue weighted by Crippen LogP contribution is -2.27. The second-order valence-electron chi connectivity index (χ2n) is 4.81. The summed E-state index contributed by atoms with van der Waals surface area (Å²) in [6.45, 7) is 3.06. The first kappa shape index (κ1) is 16.0. The van der Waals surface area contributed by atoms with E-state index < -0.39 is 0 Å². The lowest BCUT2D eigenvalue weighted by molar-refractivity contribution is 0.0932. The molecule has 5 heteroatoms. The van der Waals surface area contributed by atoms with Crippen LogP contribution < -0.4 is 10.6 Å². The van der Waals surface area contributed by atoms with Gasteiger partial charge in [0, 0.05) is 31.2 Å². The highest BCUT2D eigenvalue weighted by Gasteiger charge is 2.08. The number of amides is 1. The van der Waals surface area contributed by atoms with Crippen LogP contribution in [0.2, 0.25) is 0 Å². The van der Waals surface area contributed by atoms with Gasteiger partial charge in [0.15, 0.2) is 0 Å². The van der Waals surface area contributed by atoms with Gasteiger partial charge in [-0.25, -0.2) is 0 Å². The number of nitrogens with zero attached hydrogens (tertiary/aromatic N) is 1. The summed E-state index contributed by atoms with van der Waals surface area (Å²) in [7, 11) is 1.60. The summed E-state index contributed by atoms with van der Waals surface area (Å²) in [5, 5.41) is 6.10. The van der Waals surface area contributed by atoms with E-state index in [4.69, 9.17) is 4.74 Å². The number of hydrogen-bond acceptors (Lipinski definition) is 4. The molecule has 1 aromatic carbocycles. The number of hydrogen-bond donors (Lipinski definition) is 2. The first-order valence-corrected chi connectivity index (χ1v) is 7.32. The molecule has 2 aromatic rings. The van der Waals surface area contributed by atoms with E-state index in [9.17, 15) is 4.79 Å². The fraction of sp³-hybridized carbons (Fsp3) is 0.294. The molecule has 0 saturated carbocycles. The van der Waals surface area contributed by atoms with Crippen molar-refractivity contribution in [2.24, 2.45) is 0 Å². The second kappa shape index (κ2) is 8.14. The molecule has 0 spiro atoms. The van der Waals surface area contributed by atoms with Gasteiger partial charge >= 0.3 is 0 Å². The molecular weight excluding hydrogens is 278 g/mol. The minimum Gasteiger partial charge on any atom is -0.383 e. The van der Waals surface area contributed by atoms with E-state index in [1.807, 2.05) is 24.3 Å². The summed E-state index contributed by atoms with van der Waals surface area (Å²) in [6.07, 6.45) is 2.57. The SMILES string of the molecule is CCc1ccccc1Nc1ccnc(C(=O)NCCOC)c1. The van der Waals surface area contributed by atoms with Gasteiger partial charge in [0.2, 0.25) is 0 Å². The molecule has 0 bridgehead atoms. The van der Waals surface area contributed by atoms with Crippen molar-refractivity contribution in [1.82, 2.24) is 10.3 Å². The monoisotopic (exact) mass is 299 g/mol. The van der Waals surface area contributed by atoms with E-state index in [0.717, 1.165) is 17.8 Å². The number of pyridine rings is 1. The molecule has 1 heterocycles. The van der Waals surface area contributed by atoms with Gasteiger partial charge in [0.1, 0.15) is 5.69 Å². The quantitative estimate of drug-likeness (QED) is 0.772. The third-order valence-corrected chi connectivity index (χ3v) is 3.26. The Hall–Kier alpha value is -2.40. The predicted molar refractivity (Wildman–Crippen MR) is 87.5 cm³/mol. The number of para-hydroxylation sites is 1. The fourth-order valence-corrected chi connectivity index (χ4v) is 2.10. The molecule has 0 atom stereocenters. The number of rotatable bonds is 7. The first-order chi connectivity index (χ1) is 10.7. The van der Waals surface area contributed by atoms with Gasteiger partial charge in [-0.05, 0) is 30.2 Å². The van der Waals surface area contributed by atoms with Crippen LogP contribution in [0.3, 0.4) is 0 Å². The van der Waals surface area contributed by atoms with E-state index in [1.165, 1.54) is 5.56 Å². The summed E-state index contributed by atoms with van der Waals surface area (Å²) in [5.41, 5.74) is 3.50. The zero-order valence-electron chi connectivity index (χ0n) is 12.9. The number of ether oxygens (including phenoxy) is 1. The molecule has 2 rings (SSSR count). The van der Waals surface area contributed by atoms with Crippen LogP contribution in [-0.2, 0) is 11.2 Å². The number of carbonyl (C=O) groups excluding carboxylic acids is 1. The van der Waals surface area contributed by atoms with E-state index in [0.29, 0.717) is 18.8 Å². The second-order valence-corrected chi connectivity index (χ2v) is 4.81. The Morgan fingerprint density at radius 2 is 2.09 bits per heavy atom. The highest BCUT2D eigenvalue weighted by atomic mass is 16.5. The summed E-state index contributed by atoms with van der Waals surface area (Å²) in [5.74, 6) is -0.204. The van der Waals surface area contributed by atoms with E-state index in [-0.39, 0.29) is 5.91 Å². The zero-order chi connectivity index (χ0) is 15.8. The number of carbonyl (C=O) groups is 1. The molecular formula is C17H21N3O2. The molecule has 0 aliphatic heterocycles. The number of aromatic nitrogens is 1. The minimum atomic E-state index is -0.204. The molecule has 0 aliphatic rings. The van der Waals surface area contributed by atoms with Crippen molar-refractivity contribution in [3.05, 3.63) is 53.9 Å². The number of aryl methyl sites for hydroxylation is 1. The van der Waals surface area contributed by atoms with Crippen molar-refractivity contribution in [3.8, 4) is 0 Å². The molecule has 0 fully saturated rings. The summed E-state index contributed by atoms with van der Waals surface area (Å²) in [6, 6.07) is 11.7. The van der Waals surface area contributed by atoms with E-state index in [2.05, 4.69) is 28.6 Å². The van der Waals surface area contributed by atoms with Crippen LogP contribution >= 0.6 is 0 Å². The molecule has 22 heavy (non-hydrogen) atoms. The van der Waals surface area contributed by atoms with Crippen molar-refractivity contribution >= 4 is 17.3 Å². The standard InChI is InChI=1S/C17H21N3O2/c1-3-13-6-4-5-7-15(13)20-14-8-9-18-16(12-14)17(21)19-10-11-22-2/h4-9,12H,3,10-11H2,1-2H3,(H,18,20)(H,19,21). The van der Waals surface area contributed by atoms with Crippen LogP contribution in [0.15, 0.2) is 42.6 Å². The lowest BCUT2D eigenvalue weighted by Gasteiger charge is -2.11. The van der Waals surface area contributed by atoms with Crippen LogP contribution in [0.1, 0.15) is 23.0 Å². The maximum atomic E-state index is 12.0. The molecule has 2 N–H and O–H groups in total. The Labute approximate surface area is 130 Å². The normalized spacial score (nSPS) is 10.3. The molecule has 0 unspecified atom stereocenters. The summed E-state index contributed by atoms with van der Waals surface area (Å²) >= 11 is 0. The number of methoxy groups -OCH3 is 1. The van der Waals surface area contributed by atoms with Crippen LogP contribution in [0.25, 0.3) is 0 Å². The van der Waals surface area contributed by atoms with Gasteiger partial charge in [-0.15, -0.1) is 0 Å². The van der Waals surface area contributed by atoms with E-state index in [1.54, 1.807) is 19.4 Å². The zero-order valence-corrected chi connectivity index (χ0v) is 12.9. The smallest absolute Gasteiger partial charge is 0.270 e. The molecule has 0 saturated heterocycles. The van der Waals surface area contributed by atoms with E-state index >= 15 is 0 Å². The molecule has 1 aromatic heterocycles. The van der Waals surface area contributed by atoms with Crippen LogP contribution in [0.5, 0.6) is 0 Å². The number of nitrogens with one attached hydrogen (secondary N) is 2. The minimum absolute atomic E-state index is 0.204. The molecule has 1 amide bonds. The topological polar surface area (TPSA) is 63.2 Å². The van der Waals surface area contributed by atoms with Gasteiger partial charge < -0.3 is 15.4 Å². The van der Waals surface area contributed by atoms with Crippen LogP contribution in [0.4, 0.5) is 11.4 Å². The van der Waals surface area contributed by atoms with Crippen molar-refractivity contribution in [1.29, 1.82) is 0 Å². The predicted octanol–water partition coefficient (Wildman–Crippen LogP) is 2.76.